The Balaban J connectivity index is 2.01. The second-order valence-corrected chi connectivity index (χ2v) is 5.41. The van der Waals surface area contributed by atoms with Crippen molar-refractivity contribution in [3.63, 3.8) is 0 Å². The van der Waals surface area contributed by atoms with Gasteiger partial charge < -0.3 is 15.2 Å². The van der Waals surface area contributed by atoms with Crippen LogP contribution in [0.4, 0.5) is 0 Å². The molecule has 1 aliphatic rings. The first kappa shape index (κ1) is 14.6. The van der Waals surface area contributed by atoms with Gasteiger partial charge in [-0.25, -0.2) is 0 Å². The molecule has 4 nitrogen and oxygen atoms in total. The molecule has 1 atom stereocenters. The molecule has 2 aromatic rings. The van der Waals surface area contributed by atoms with E-state index in [0.29, 0.717) is 17.9 Å². The summed E-state index contributed by atoms with van der Waals surface area (Å²) in [5.41, 5.74) is 1.71. The Bertz CT molecular complexity index is 634. The monoisotopic (exact) mass is 297 g/mol. The lowest BCUT2D eigenvalue weighted by atomic mass is 9.87. The molecule has 0 saturated heterocycles. The van der Waals surface area contributed by atoms with Gasteiger partial charge in [0.2, 0.25) is 5.91 Å². The van der Waals surface area contributed by atoms with Crippen molar-refractivity contribution in [2.75, 3.05) is 6.61 Å². The number of carbonyl (C=O) groups is 1. The van der Waals surface area contributed by atoms with Crippen molar-refractivity contribution in [2.45, 2.75) is 25.3 Å². The summed E-state index contributed by atoms with van der Waals surface area (Å²) in [6.07, 6.45) is 0.689. The molecule has 0 spiro atoms. The number of ether oxygens (including phenoxy) is 1. The SMILES string of the molecule is CCC(CO)NC(=O)C1c2ccccc2Oc2ccccc21. The minimum absolute atomic E-state index is 0.0608. The average Bonchev–Trinajstić information content (AvgIpc) is 2.57. The van der Waals surface area contributed by atoms with Gasteiger partial charge in [0.25, 0.3) is 0 Å². The Labute approximate surface area is 129 Å². The van der Waals surface area contributed by atoms with Crippen molar-refractivity contribution in [1.29, 1.82) is 0 Å². The zero-order chi connectivity index (χ0) is 15.5. The maximum absolute atomic E-state index is 12.8. The second kappa shape index (κ2) is 6.20. The van der Waals surface area contributed by atoms with E-state index < -0.39 is 5.92 Å². The highest BCUT2D eigenvalue weighted by Crippen LogP contribution is 2.43. The van der Waals surface area contributed by atoms with E-state index in [1.807, 2.05) is 55.5 Å². The number of aliphatic hydroxyl groups is 1. The molecule has 2 aromatic carbocycles. The van der Waals surface area contributed by atoms with Gasteiger partial charge in [-0.3, -0.25) is 4.79 Å². The molecule has 1 heterocycles. The maximum atomic E-state index is 12.8. The van der Waals surface area contributed by atoms with Gasteiger partial charge in [0, 0.05) is 11.1 Å². The zero-order valence-electron chi connectivity index (χ0n) is 12.5. The molecular formula is C18H19NO3. The first-order chi connectivity index (χ1) is 10.7. The highest BCUT2D eigenvalue weighted by atomic mass is 16.5. The zero-order valence-corrected chi connectivity index (χ0v) is 12.5. The predicted octanol–water partition coefficient (Wildman–Crippen LogP) is 2.81. The van der Waals surface area contributed by atoms with Crippen LogP contribution in [-0.2, 0) is 4.79 Å². The molecule has 114 valence electrons. The van der Waals surface area contributed by atoms with Crippen LogP contribution < -0.4 is 10.1 Å². The summed E-state index contributed by atoms with van der Waals surface area (Å²) >= 11 is 0. The van der Waals surface area contributed by atoms with Gasteiger partial charge >= 0.3 is 0 Å². The summed E-state index contributed by atoms with van der Waals surface area (Å²) in [5.74, 6) is 0.891. The largest absolute Gasteiger partial charge is 0.457 e. The van der Waals surface area contributed by atoms with Gasteiger partial charge in [-0.2, -0.15) is 0 Å². The van der Waals surface area contributed by atoms with Crippen LogP contribution in [-0.4, -0.2) is 23.7 Å². The predicted molar refractivity (Wildman–Crippen MR) is 84.1 cm³/mol. The van der Waals surface area contributed by atoms with E-state index in [1.165, 1.54) is 0 Å². The quantitative estimate of drug-likeness (QED) is 0.912. The van der Waals surface area contributed by atoms with Crippen LogP contribution in [0.25, 0.3) is 0 Å². The Kier molecular flexibility index (Phi) is 4.11. The minimum atomic E-state index is -0.415. The highest BCUT2D eigenvalue weighted by molar-refractivity contribution is 5.89. The van der Waals surface area contributed by atoms with Crippen LogP contribution in [0.3, 0.4) is 0 Å². The van der Waals surface area contributed by atoms with Crippen molar-refractivity contribution >= 4 is 5.91 Å². The number of benzene rings is 2. The van der Waals surface area contributed by atoms with Crippen molar-refractivity contribution in [3.05, 3.63) is 59.7 Å². The molecule has 22 heavy (non-hydrogen) atoms. The van der Waals surface area contributed by atoms with E-state index in [4.69, 9.17) is 4.74 Å². The van der Waals surface area contributed by atoms with Crippen molar-refractivity contribution < 1.29 is 14.6 Å². The fourth-order valence-corrected chi connectivity index (χ4v) is 2.75. The van der Waals surface area contributed by atoms with Crippen LogP contribution in [0.5, 0.6) is 11.5 Å². The first-order valence-corrected chi connectivity index (χ1v) is 7.51. The van der Waals surface area contributed by atoms with Crippen LogP contribution in [0.15, 0.2) is 48.5 Å². The van der Waals surface area contributed by atoms with Gasteiger partial charge in [-0.05, 0) is 18.6 Å². The van der Waals surface area contributed by atoms with Gasteiger partial charge in [0.15, 0.2) is 0 Å². The van der Waals surface area contributed by atoms with E-state index in [1.54, 1.807) is 0 Å². The maximum Gasteiger partial charge on any atom is 0.232 e. The summed E-state index contributed by atoms with van der Waals surface area (Å²) in [4.78, 5) is 12.8. The van der Waals surface area contributed by atoms with Gasteiger partial charge in [-0.1, -0.05) is 43.3 Å². The number of hydrogen-bond donors (Lipinski definition) is 2. The second-order valence-electron chi connectivity index (χ2n) is 5.41. The molecule has 0 fully saturated rings. The molecule has 1 unspecified atom stereocenters. The topological polar surface area (TPSA) is 58.6 Å². The molecule has 4 heteroatoms. The Morgan fingerprint density at radius 1 is 1.14 bits per heavy atom. The third-order valence-electron chi connectivity index (χ3n) is 4.00. The lowest BCUT2D eigenvalue weighted by molar-refractivity contribution is -0.122. The number of hydrogen-bond acceptors (Lipinski definition) is 3. The Morgan fingerprint density at radius 2 is 1.68 bits per heavy atom. The molecule has 1 aliphatic heterocycles. The average molecular weight is 297 g/mol. The van der Waals surface area contributed by atoms with E-state index in [-0.39, 0.29) is 18.6 Å². The normalized spacial score (nSPS) is 14.5. The molecule has 2 N–H and O–H groups in total. The third kappa shape index (κ3) is 2.57. The van der Waals surface area contributed by atoms with Crippen molar-refractivity contribution in [2.24, 2.45) is 0 Å². The van der Waals surface area contributed by atoms with E-state index in [2.05, 4.69) is 5.32 Å². The summed E-state index contributed by atoms with van der Waals surface area (Å²) < 4.78 is 5.89. The standard InChI is InChI=1S/C18H19NO3/c1-2-12(11-20)19-18(21)17-13-7-3-5-9-15(13)22-16-10-6-4-8-14(16)17/h3-10,12,17,20H,2,11H2,1H3,(H,19,21). The molecule has 0 bridgehead atoms. The fraction of sp³-hybridized carbons (Fsp3) is 0.278. The van der Waals surface area contributed by atoms with E-state index in [9.17, 15) is 9.90 Å². The molecular weight excluding hydrogens is 278 g/mol. The summed E-state index contributed by atoms with van der Waals surface area (Å²) in [5, 5.41) is 12.2. The summed E-state index contributed by atoms with van der Waals surface area (Å²) in [6, 6.07) is 14.9. The van der Waals surface area contributed by atoms with Crippen LogP contribution in [0.2, 0.25) is 0 Å². The van der Waals surface area contributed by atoms with Crippen LogP contribution in [0.1, 0.15) is 30.4 Å². The van der Waals surface area contributed by atoms with Gasteiger partial charge in [-0.15, -0.1) is 0 Å². The summed E-state index contributed by atoms with van der Waals surface area (Å²) in [6.45, 7) is 1.88. The van der Waals surface area contributed by atoms with E-state index >= 15 is 0 Å². The molecule has 0 saturated carbocycles. The fourth-order valence-electron chi connectivity index (χ4n) is 2.75. The number of aliphatic hydroxyl groups excluding tert-OH is 1. The molecule has 3 rings (SSSR count). The minimum Gasteiger partial charge on any atom is -0.457 e. The molecule has 0 aromatic heterocycles. The Morgan fingerprint density at radius 3 is 2.18 bits per heavy atom. The molecule has 0 radical (unpaired) electrons. The van der Waals surface area contributed by atoms with Crippen molar-refractivity contribution in [3.8, 4) is 11.5 Å². The number of nitrogens with one attached hydrogen (secondary N) is 1. The van der Waals surface area contributed by atoms with Gasteiger partial charge in [0.1, 0.15) is 11.5 Å². The van der Waals surface area contributed by atoms with E-state index in [0.717, 1.165) is 11.1 Å². The number of amides is 1. The third-order valence-corrected chi connectivity index (χ3v) is 4.00. The van der Waals surface area contributed by atoms with Crippen molar-refractivity contribution in [1.82, 2.24) is 5.32 Å². The number of fused-ring (bicyclic) bond motifs is 2. The first-order valence-electron chi connectivity index (χ1n) is 7.51. The lowest BCUT2D eigenvalue weighted by Crippen LogP contribution is -2.40. The van der Waals surface area contributed by atoms with Crippen LogP contribution >= 0.6 is 0 Å². The number of rotatable bonds is 4. The highest BCUT2D eigenvalue weighted by Gasteiger charge is 2.32. The smallest absolute Gasteiger partial charge is 0.232 e. The van der Waals surface area contributed by atoms with Gasteiger partial charge in [0.05, 0.1) is 18.6 Å². The summed E-state index contributed by atoms with van der Waals surface area (Å²) in [7, 11) is 0. The molecule has 0 aliphatic carbocycles. The Hall–Kier alpha value is -2.33. The van der Waals surface area contributed by atoms with Crippen LogP contribution in [0, 0.1) is 0 Å². The molecule has 1 amide bonds. The lowest BCUT2D eigenvalue weighted by Gasteiger charge is -2.28. The number of carbonyl (C=O) groups excluding carboxylic acids is 1. The number of para-hydroxylation sites is 2.